The number of alkyl carbamates (subject to hydrolysis) is 1. The topological polar surface area (TPSA) is 78.9 Å². The van der Waals surface area contributed by atoms with Gasteiger partial charge in [0, 0.05) is 24.5 Å². The van der Waals surface area contributed by atoms with Crippen molar-refractivity contribution in [2.24, 2.45) is 0 Å². The number of hydrogen-bond donors (Lipinski definition) is 1. The lowest BCUT2D eigenvalue weighted by atomic mass is 9.99. The lowest BCUT2D eigenvalue weighted by molar-refractivity contribution is 0.0523. The van der Waals surface area contributed by atoms with Crippen LogP contribution in [0.25, 0.3) is 10.8 Å². The third-order valence-corrected chi connectivity index (χ3v) is 4.99. The maximum absolute atomic E-state index is 14.5. The van der Waals surface area contributed by atoms with Crippen molar-refractivity contribution in [1.29, 1.82) is 0 Å². The Morgan fingerprint density at radius 1 is 0.970 bits per heavy atom. The third kappa shape index (κ3) is 5.83. The Bertz CT molecular complexity index is 1160. The van der Waals surface area contributed by atoms with Gasteiger partial charge in [0.25, 0.3) is 0 Å². The number of hydrogen-bond acceptors (Lipinski definition) is 6. The van der Waals surface area contributed by atoms with E-state index in [9.17, 15) is 9.18 Å². The highest BCUT2D eigenvalue weighted by Gasteiger charge is 2.18. The van der Waals surface area contributed by atoms with Gasteiger partial charge in [-0.1, -0.05) is 0 Å². The number of carbonyl (C=O) groups is 1. The van der Waals surface area contributed by atoms with E-state index in [1.54, 1.807) is 53.3 Å². The number of methoxy groups -OCH3 is 3. The molecule has 3 rings (SSSR count). The number of fused-ring (bicyclic) bond motifs is 1. The number of nitrogens with zero attached hydrogens (tertiary/aromatic N) is 1. The molecular weight excluding hydrogens is 427 g/mol. The average molecular weight is 457 g/mol. The predicted molar refractivity (Wildman–Crippen MR) is 124 cm³/mol. The molecule has 0 fully saturated rings. The van der Waals surface area contributed by atoms with Gasteiger partial charge >= 0.3 is 6.09 Å². The van der Waals surface area contributed by atoms with Gasteiger partial charge in [-0.3, -0.25) is 4.98 Å². The van der Waals surface area contributed by atoms with Crippen LogP contribution >= 0.6 is 0 Å². The van der Waals surface area contributed by atoms with Gasteiger partial charge in [-0.15, -0.1) is 0 Å². The molecule has 0 aliphatic rings. The molecule has 33 heavy (non-hydrogen) atoms. The van der Waals surface area contributed by atoms with Crippen molar-refractivity contribution < 1.29 is 28.1 Å². The summed E-state index contributed by atoms with van der Waals surface area (Å²) in [6.07, 6.45) is 1.38. The molecule has 0 saturated heterocycles. The summed E-state index contributed by atoms with van der Waals surface area (Å²) < 4.78 is 36.0. The first kappa shape index (κ1) is 24.1. The number of ether oxygens (including phenoxy) is 4. The van der Waals surface area contributed by atoms with Gasteiger partial charge in [0.2, 0.25) is 0 Å². The molecule has 0 atom stereocenters. The smallest absolute Gasteiger partial charge is 0.407 e. The highest BCUT2D eigenvalue weighted by molar-refractivity contribution is 5.91. The van der Waals surface area contributed by atoms with Crippen LogP contribution in [0.4, 0.5) is 9.18 Å². The molecule has 0 aliphatic carbocycles. The molecule has 1 heterocycles. The lowest BCUT2D eigenvalue weighted by Crippen LogP contribution is -2.32. The Labute approximate surface area is 192 Å². The zero-order valence-electron chi connectivity index (χ0n) is 19.7. The molecular formula is C25H29FN2O5. The van der Waals surface area contributed by atoms with E-state index in [1.807, 2.05) is 12.1 Å². The highest BCUT2D eigenvalue weighted by Crippen LogP contribution is 2.35. The summed E-state index contributed by atoms with van der Waals surface area (Å²) in [7, 11) is 4.64. The summed E-state index contributed by atoms with van der Waals surface area (Å²) in [5, 5.41) is 4.32. The van der Waals surface area contributed by atoms with Crippen molar-refractivity contribution in [3.8, 4) is 17.2 Å². The molecule has 1 amide bonds. The van der Waals surface area contributed by atoms with Crippen LogP contribution in [-0.4, -0.2) is 38.0 Å². The highest BCUT2D eigenvalue weighted by atomic mass is 19.1. The van der Waals surface area contributed by atoms with E-state index in [0.29, 0.717) is 28.5 Å². The molecule has 0 spiro atoms. The summed E-state index contributed by atoms with van der Waals surface area (Å²) in [5.74, 6) is 1.28. The maximum atomic E-state index is 14.5. The summed E-state index contributed by atoms with van der Waals surface area (Å²) in [5.41, 5.74) is 1.26. The van der Waals surface area contributed by atoms with Crippen LogP contribution in [0, 0.1) is 5.82 Å². The minimum absolute atomic E-state index is 0.196. The Morgan fingerprint density at radius 3 is 2.24 bits per heavy atom. The largest absolute Gasteiger partial charge is 0.497 e. The molecule has 0 radical (unpaired) electrons. The predicted octanol–water partition coefficient (Wildman–Crippen LogP) is 5.02. The van der Waals surface area contributed by atoms with Crippen LogP contribution in [-0.2, 0) is 17.7 Å². The number of pyridine rings is 1. The Kier molecular flexibility index (Phi) is 7.26. The minimum atomic E-state index is -0.605. The molecule has 1 N–H and O–H groups in total. The first-order valence-electron chi connectivity index (χ1n) is 10.5. The van der Waals surface area contributed by atoms with E-state index < -0.39 is 11.7 Å². The second-order valence-electron chi connectivity index (χ2n) is 8.47. The van der Waals surface area contributed by atoms with Crippen LogP contribution in [0.2, 0.25) is 0 Å². The van der Waals surface area contributed by atoms with Crippen LogP contribution in [0.3, 0.4) is 0 Å². The maximum Gasteiger partial charge on any atom is 0.407 e. The van der Waals surface area contributed by atoms with Crippen LogP contribution in [0.5, 0.6) is 17.2 Å². The standard InChI is InChI=1S/C25H29FN2O5/c1-25(2,3)33-24(29)28-14-16-13-27-21(10-15-9-17(30-4)7-8-20(15)26)19-12-23(32-6)22(31-5)11-18(16)19/h7-9,11-13H,10,14H2,1-6H3,(H,28,29). The van der Waals surface area contributed by atoms with Crippen molar-refractivity contribution >= 4 is 16.9 Å². The zero-order valence-corrected chi connectivity index (χ0v) is 19.7. The van der Waals surface area contributed by atoms with Gasteiger partial charge in [-0.05, 0) is 67.6 Å². The monoisotopic (exact) mass is 456 g/mol. The molecule has 0 bridgehead atoms. The van der Waals surface area contributed by atoms with E-state index >= 15 is 0 Å². The molecule has 8 heteroatoms. The number of halogens is 1. The number of nitrogens with one attached hydrogen (secondary N) is 1. The van der Waals surface area contributed by atoms with Crippen LogP contribution in [0.15, 0.2) is 36.5 Å². The van der Waals surface area contributed by atoms with Crippen LogP contribution in [0.1, 0.15) is 37.6 Å². The third-order valence-electron chi connectivity index (χ3n) is 4.99. The SMILES string of the molecule is COc1ccc(F)c(Cc2ncc(CNC(=O)OC(C)(C)C)c3cc(OC)c(OC)cc23)c1. The van der Waals surface area contributed by atoms with Crippen molar-refractivity contribution in [2.75, 3.05) is 21.3 Å². The Balaban J connectivity index is 2.03. The van der Waals surface area contributed by atoms with Gasteiger partial charge in [0.15, 0.2) is 11.5 Å². The fourth-order valence-electron chi connectivity index (χ4n) is 3.44. The molecule has 1 aromatic heterocycles. The lowest BCUT2D eigenvalue weighted by Gasteiger charge is -2.20. The molecule has 0 unspecified atom stereocenters. The molecule has 176 valence electrons. The van der Waals surface area contributed by atoms with Gasteiger partial charge < -0.3 is 24.3 Å². The van der Waals surface area contributed by atoms with Crippen LogP contribution < -0.4 is 19.5 Å². The fraction of sp³-hybridized carbons (Fsp3) is 0.360. The zero-order chi connectivity index (χ0) is 24.2. The Hall–Kier alpha value is -3.55. The van der Waals surface area contributed by atoms with Crippen molar-refractivity contribution in [2.45, 2.75) is 39.3 Å². The number of rotatable bonds is 7. The number of aromatic nitrogens is 1. The second-order valence-corrected chi connectivity index (χ2v) is 8.47. The minimum Gasteiger partial charge on any atom is -0.497 e. The summed E-state index contributed by atoms with van der Waals surface area (Å²) in [6.45, 7) is 5.59. The number of amides is 1. The van der Waals surface area contributed by atoms with Gasteiger partial charge in [0.05, 0.1) is 27.0 Å². The van der Waals surface area contributed by atoms with E-state index in [-0.39, 0.29) is 18.8 Å². The van der Waals surface area contributed by atoms with Crippen molar-refractivity contribution in [1.82, 2.24) is 10.3 Å². The quantitative estimate of drug-likeness (QED) is 0.538. The van der Waals surface area contributed by atoms with Crippen molar-refractivity contribution in [3.63, 3.8) is 0 Å². The van der Waals surface area contributed by atoms with Gasteiger partial charge in [-0.2, -0.15) is 0 Å². The van der Waals surface area contributed by atoms with Gasteiger partial charge in [-0.25, -0.2) is 9.18 Å². The molecule has 7 nitrogen and oxygen atoms in total. The molecule has 0 aliphatic heterocycles. The molecule has 0 saturated carbocycles. The first-order valence-corrected chi connectivity index (χ1v) is 10.5. The van der Waals surface area contributed by atoms with E-state index in [4.69, 9.17) is 18.9 Å². The molecule has 3 aromatic rings. The first-order chi connectivity index (χ1) is 15.6. The number of benzene rings is 2. The summed E-state index contributed by atoms with van der Waals surface area (Å²) >= 11 is 0. The van der Waals surface area contributed by atoms with Crippen molar-refractivity contribution in [3.05, 3.63) is 59.2 Å². The summed E-state index contributed by atoms with van der Waals surface area (Å²) in [4.78, 5) is 16.7. The van der Waals surface area contributed by atoms with E-state index in [2.05, 4.69) is 10.3 Å². The fourth-order valence-corrected chi connectivity index (χ4v) is 3.44. The molecule has 2 aromatic carbocycles. The second kappa shape index (κ2) is 9.94. The normalized spacial score (nSPS) is 11.2. The average Bonchev–Trinajstić information content (AvgIpc) is 2.77. The Morgan fingerprint density at radius 2 is 1.64 bits per heavy atom. The van der Waals surface area contributed by atoms with E-state index in [0.717, 1.165) is 16.3 Å². The van der Waals surface area contributed by atoms with E-state index in [1.165, 1.54) is 13.2 Å². The van der Waals surface area contributed by atoms with Gasteiger partial charge in [0.1, 0.15) is 17.2 Å². The summed E-state index contributed by atoms with van der Waals surface area (Å²) in [6, 6.07) is 8.24. The number of carbonyl (C=O) groups excluding carboxylic acids is 1.